The van der Waals surface area contributed by atoms with Gasteiger partial charge in [-0.2, -0.15) is 5.90 Å². The van der Waals surface area contributed by atoms with Crippen LogP contribution in [0.1, 0.15) is 34.6 Å². The highest BCUT2D eigenvalue weighted by atomic mass is 16.6. The van der Waals surface area contributed by atoms with Crippen LogP contribution >= 0.6 is 0 Å². The first kappa shape index (κ1) is 10.4. The molecule has 74 valence electrons. The van der Waals surface area contributed by atoms with Crippen LogP contribution in [0.5, 0.6) is 5.75 Å². The zero-order valence-corrected chi connectivity index (χ0v) is 8.03. The van der Waals surface area contributed by atoms with Gasteiger partial charge in [-0.1, -0.05) is 12.1 Å². The number of Topliss-reactive ketones (excluding diaryl/α,β-unsaturated/α-hetero) is 2. The number of hydrogen-bond acceptors (Lipinski definition) is 4. The summed E-state index contributed by atoms with van der Waals surface area (Å²) in [5, 5.41) is 0. The zero-order valence-electron chi connectivity index (χ0n) is 8.03. The molecule has 0 saturated heterocycles. The standard InChI is InChI=1S/C10H11NO3/c1-6(12)8-4-3-5-9(14-11)10(8)7(2)13/h3-5H,11H2,1-2H3. The van der Waals surface area contributed by atoms with E-state index in [2.05, 4.69) is 4.84 Å². The van der Waals surface area contributed by atoms with Gasteiger partial charge in [0.25, 0.3) is 0 Å². The normalized spacial score (nSPS) is 9.64. The van der Waals surface area contributed by atoms with Gasteiger partial charge in [-0.15, -0.1) is 0 Å². The predicted molar refractivity (Wildman–Crippen MR) is 51.3 cm³/mol. The fourth-order valence-corrected chi connectivity index (χ4v) is 1.29. The van der Waals surface area contributed by atoms with Crippen LogP contribution in [0.3, 0.4) is 0 Å². The van der Waals surface area contributed by atoms with E-state index in [9.17, 15) is 9.59 Å². The Morgan fingerprint density at radius 1 is 1.21 bits per heavy atom. The molecule has 14 heavy (non-hydrogen) atoms. The van der Waals surface area contributed by atoms with E-state index in [1.165, 1.54) is 13.8 Å². The second-order valence-electron chi connectivity index (χ2n) is 2.91. The molecule has 0 bridgehead atoms. The van der Waals surface area contributed by atoms with Gasteiger partial charge in [0.05, 0.1) is 5.56 Å². The quantitative estimate of drug-likeness (QED) is 0.581. The highest BCUT2D eigenvalue weighted by molar-refractivity contribution is 6.08. The highest BCUT2D eigenvalue weighted by Crippen LogP contribution is 2.22. The van der Waals surface area contributed by atoms with E-state index >= 15 is 0 Å². The molecule has 0 saturated carbocycles. The summed E-state index contributed by atoms with van der Waals surface area (Å²) in [7, 11) is 0. The molecule has 0 fully saturated rings. The van der Waals surface area contributed by atoms with Crippen LogP contribution in [0.4, 0.5) is 0 Å². The van der Waals surface area contributed by atoms with Crippen molar-refractivity contribution in [1.82, 2.24) is 0 Å². The molecule has 0 aliphatic heterocycles. The van der Waals surface area contributed by atoms with Gasteiger partial charge in [-0.05, 0) is 19.9 Å². The van der Waals surface area contributed by atoms with E-state index in [0.717, 1.165) is 0 Å². The van der Waals surface area contributed by atoms with E-state index < -0.39 is 0 Å². The van der Waals surface area contributed by atoms with Gasteiger partial charge < -0.3 is 4.84 Å². The lowest BCUT2D eigenvalue weighted by Gasteiger charge is -2.07. The fourth-order valence-electron chi connectivity index (χ4n) is 1.29. The van der Waals surface area contributed by atoms with Crippen LogP contribution in [-0.2, 0) is 0 Å². The Morgan fingerprint density at radius 2 is 1.86 bits per heavy atom. The summed E-state index contributed by atoms with van der Waals surface area (Å²) in [6, 6.07) is 4.73. The van der Waals surface area contributed by atoms with Crippen molar-refractivity contribution in [3.63, 3.8) is 0 Å². The first-order valence-electron chi connectivity index (χ1n) is 4.09. The van der Waals surface area contributed by atoms with Crippen molar-refractivity contribution in [3.8, 4) is 5.75 Å². The number of carbonyl (C=O) groups is 2. The summed E-state index contributed by atoms with van der Waals surface area (Å²) in [4.78, 5) is 27.0. The highest BCUT2D eigenvalue weighted by Gasteiger charge is 2.16. The smallest absolute Gasteiger partial charge is 0.164 e. The van der Waals surface area contributed by atoms with E-state index in [4.69, 9.17) is 5.90 Å². The molecule has 1 rings (SSSR count). The molecular weight excluding hydrogens is 182 g/mol. The molecule has 1 aromatic carbocycles. The molecule has 0 heterocycles. The van der Waals surface area contributed by atoms with E-state index in [1.54, 1.807) is 18.2 Å². The molecular formula is C10H11NO3. The van der Waals surface area contributed by atoms with Gasteiger partial charge in [0.2, 0.25) is 0 Å². The van der Waals surface area contributed by atoms with Gasteiger partial charge in [0, 0.05) is 5.56 Å². The predicted octanol–water partition coefficient (Wildman–Crippen LogP) is 1.34. The summed E-state index contributed by atoms with van der Waals surface area (Å²) >= 11 is 0. The molecule has 0 radical (unpaired) electrons. The van der Waals surface area contributed by atoms with Crippen molar-refractivity contribution in [2.45, 2.75) is 13.8 Å². The minimum Gasteiger partial charge on any atom is -0.411 e. The third-order valence-electron chi connectivity index (χ3n) is 1.88. The minimum absolute atomic E-state index is 0.186. The topological polar surface area (TPSA) is 69.4 Å². The molecule has 2 N–H and O–H groups in total. The Kier molecular flexibility index (Phi) is 2.99. The Hall–Kier alpha value is -1.68. The fraction of sp³-hybridized carbons (Fsp3) is 0.200. The van der Waals surface area contributed by atoms with Gasteiger partial charge >= 0.3 is 0 Å². The summed E-state index contributed by atoms with van der Waals surface area (Å²) < 4.78 is 0. The van der Waals surface area contributed by atoms with Crippen molar-refractivity contribution >= 4 is 11.6 Å². The summed E-state index contributed by atoms with van der Waals surface area (Å²) in [5.74, 6) is 4.80. The van der Waals surface area contributed by atoms with E-state index in [0.29, 0.717) is 5.56 Å². The second-order valence-corrected chi connectivity index (χ2v) is 2.91. The maximum absolute atomic E-state index is 11.3. The maximum atomic E-state index is 11.3. The van der Waals surface area contributed by atoms with Gasteiger partial charge in [-0.3, -0.25) is 9.59 Å². The molecule has 0 aliphatic rings. The molecule has 0 atom stereocenters. The summed E-state index contributed by atoms with van der Waals surface area (Å²) in [6.07, 6.45) is 0. The molecule has 1 aromatic rings. The van der Waals surface area contributed by atoms with Crippen LogP contribution in [-0.4, -0.2) is 11.6 Å². The number of nitrogens with two attached hydrogens (primary N) is 1. The molecule has 0 unspecified atom stereocenters. The zero-order chi connectivity index (χ0) is 10.7. The van der Waals surface area contributed by atoms with Gasteiger partial charge in [-0.25, -0.2) is 0 Å². The van der Waals surface area contributed by atoms with Gasteiger partial charge in [0.1, 0.15) is 0 Å². The Balaban J connectivity index is 3.43. The Morgan fingerprint density at radius 3 is 2.29 bits per heavy atom. The minimum atomic E-state index is -0.240. The lowest BCUT2D eigenvalue weighted by atomic mass is 10.0. The molecule has 0 aliphatic carbocycles. The monoisotopic (exact) mass is 193 g/mol. The van der Waals surface area contributed by atoms with Crippen molar-refractivity contribution in [1.29, 1.82) is 0 Å². The van der Waals surface area contributed by atoms with E-state index in [-0.39, 0.29) is 22.9 Å². The average molecular weight is 193 g/mol. The number of hydrogen-bond donors (Lipinski definition) is 1. The van der Waals surface area contributed by atoms with Crippen LogP contribution in [0, 0.1) is 0 Å². The van der Waals surface area contributed by atoms with E-state index in [1.807, 2.05) is 0 Å². The van der Waals surface area contributed by atoms with Crippen molar-refractivity contribution < 1.29 is 14.4 Å². The average Bonchev–Trinajstić information content (AvgIpc) is 2.16. The first-order valence-corrected chi connectivity index (χ1v) is 4.09. The number of carbonyl (C=O) groups excluding carboxylic acids is 2. The Bertz CT molecular complexity index is 385. The number of benzene rings is 1. The SMILES string of the molecule is CC(=O)c1cccc(ON)c1C(C)=O. The molecule has 4 heteroatoms. The number of ketones is 2. The summed E-state index contributed by atoms with van der Waals surface area (Å²) in [6.45, 7) is 2.76. The van der Waals surface area contributed by atoms with Crippen molar-refractivity contribution in [2.75, 3.05) is 0 Å². The second kappa shape index (κ2) is 4.02. The molecule has 0 amide bonds. The third-order valence-corrected chi connectivity index (χ3v) is 1.88. The maximum Gasteiger partial charge on any atom is 0.164 e. The lowest BCUT2D eigenvalue weighted by Crippen LogP contribution is -2.11. The van der Waals surface area contributed by atoms with Gasteiger partial charge in [0.15, 0.2) is 17.3 Å². The van der Waals surface area contributed by atoms with Crippen LogP contribution in [0.2, 0.25) is 0 Å². The van der Waals surface area contributed by atoms with Crippen LogP contribution < -0.4 is 10.7 Å². The molecule has 4 nitrogen and oxygen atoms in total. The Labute approximate surface area is 81.6 Å². The van der Waals surface area contributed by atoms with Crippen LogP contribution in [0.25, 0.3) is 0 Å². The van der Waals surface area contributed by atoms with Crippen molar-refractivity contribution in [2.24, 2.45) is 5.90 Å². The largest absolute Gasteiger partial charge is 0.411 e. The lowest BCUT2D eigenvalue weighted by molar-refractivity contribution is 0.0977. The third kappa shape index (κ3) is 1.80. The summed E-state index contributed by atoms with van der Waals surface area (Å²) in [5.41, 5.74) is 0.572. The van der Waals surface area contributed by atoms with Crippen molar-refractivity contribution in [3.05, 3.63) is 29.3 Å². The first-order chi connectivity index (χ1) is 6.57. The van der Waals surface area contributed by atoms with Crippen LogP contribution in [0.15, 0.2) is 18.2 Å². The molecule has 0 aromatic heterocycles. The number of rotatable bonds is 3. The molecule has 0 spiro atoms.